The van der Waals surface area contributed by atoms with Crippen LogP contribution in [0.1, 0.15) is 0 Å². The van der Waals surface area contributed by atoms with E-state index >= 15 is 0 Å². The molecule has 94 valence electrons. The molecular formula is C10H10FN5O2. The van der Waals surface area contributed by atoms with Gasteiger partial charge in [0.1, 0.15) is 11.6 Å². The van der Waals surface area contributed by atoms with E-state index in [4.69, 9.17) is 15.3 Å². The molecule has 0 amide bonds. The molecular weight excluding hydrogens is 241 g/mol. The molecule has 0 fully saturated rings. The number of anilines is 1. The average molecular weight is 251 g/mol. The lowest BCUT2D eigenvalue weighted by molar-refractivity contribution is 0.359. The topological polar surface area (TPSA) is 95.2 Å². The van der Waals surface area contributed by atoms with Crippen LogP contribution in [0.5, 0.6) is 17.8 Å². The van der Waals surface area contributed by atoms with Crippen LogP contribution in [-0.4, -0.2) is 22.1 Å². The van der Waals surface area contributed by atoms with Crippen LogP contribution in [0, 0.1) is 5.82 Å². The van der Waals surface area contributed by atoms with E-state index in [1.807, 2.05) is 0 Å². The van der Waals surface area contributed by atoms with Gasteiger partial charge >= 0.3 is 12.0 Å². The van der Waals surface area contributed by atoms with Crippen LogP contribution >= 0.6 is 0 Å². The van der Waals surface area contributed by atoms with Gasteiger partial charge in [-0.1, -0.05) is 6.07 Å². The summed E-state index contributed by atoms with van der Waals surface area (Å²) in [6.07, 6.45) is 0. The van der Waals surface area contributed by atoms with Gasteiger partial charge in [0, 0.05) is 6.07 Å². The van der Waals surface area contributed by atoms with Crippen molar-refractivity contribution in [1.29, 1.82) is 0 Å². The molecule has 0 atom stereocenters. The van der Waals surface area contributed by atoms with Gasteiger partial charge in [0.15, 0.2) is 0 Å². The van der Waals surface area contributed by atoms with Crippen molar-refractivity contribution in [3.05, 3.63) is 30.1 Å². The summed E-state index contributed by atoms with van der Waals surface area (Å²) in [5, 5.41) is 0. The van der Waals surface area contributed by atoms with Crippen LogP contribution in [0.25, 0.3) is 0 Å². The number of ether oxygens (including phenoxy) is 2. The number of benzene rings is 1. The lowest BCUT2D eigenvalue weighted by atomic mass is 10.3. The summed E-state index contributed by atoms with van der Waals surface area (Å²) in [5.41, 5.74) is 2.24. The maximum absolute atomic E-state index is 13.0. The van der Waals surface area contributed by atoms with Gasteiger partial charge in [0.25, 0.3) is 0 Å². The van der Waals surface area contributed by atoms with Gasteiger partial charge in [-0.15, -0.1) is 4.98 Å². The molecule has 1 aromatic heterocycles. The number of hydrazine groups is 1. The van der Waals surface area contributed by atoms with E-state index in [1.165, 1.54) is 25.3 Å². The number of nitrogens with two attached hydrogens (primary N) is 1. The van der Waals surface area contributed by atoms with Crippen molar-refractivity contribution in [2.75, 3.05) is 12.5 Å². The van der Waals surface area contributed by atoms with Crippen molar-refractivity contribution in [3.8, 4) is 17.8 Å². The molecule has 18 heavy (non-hydrogen) atoms. The van der Waals surface area contributed by atoms with E-state index < -0.39 is 5.82 Å². The Balaban J connectivity index is 2.28. The van der Waals surface area contributed by atoms with Crippen molar-refractivity contribution in [1.82, 2.24) is 15.0 Å². The molecule has 0 saturated carbocycles. The zero-order chi connectivity index (χ0) is 13.0. The first kappa shape index (κ1) is 12.0. The molecule has 0 bridgehead atoms. The lowest BCUT2D eigenvalue weighted by Gasteiger charge is -2.06. The Kier molecular flexibility index (Phi) is 3.49. The number of hydrogen-bond acceptors (Lipinski definition) is 7. The molecule has 0 aliphatic heterocycles. The number of hydrogen-bond donors (Lipinski definition) is 2. The molecule has 1 heterocycles. The number of nitrogens with one attached hydrogen (secondary N) is 1. The molecule has 8 heteroatoms. The Hall–Kier alpha value is -2.48. The van der Waals surface area contributed by atoms with Crippen LogP contribution < -0.4 is 20.7 Å². The monoisotopic (exact) mass is 251 g/mol. The van der Waals surface area contributed by atoms with Gasteiger partial charge in [0.2, 0.25) is 5.95 Å². The quantitative estimate of drug-likeness (QED) is 0.620. The van der Waals surface area contributed by atoms with E-state index in [1.54, 1.807) is 6.07 Å². The highest BCUT2D eigenvalue weighted by Gasteiger charge is 2.08. The Bertz CT molecular complexity index is 529. The predicted octanol–water partition coefficient (Wildman–Crippen LogP) is 1.10. The van der Waals surface area contributed by atoms with E-state index in [0.29, 0.717) is 0 Å². The van der Waals surface area contributed by atoms with Crippen molar-refractivity contribution in [2.45, 2.75) is 0 Å². The number of rotatable bonds is 4. The largest absolute Gasteiger partial charge is 0.467 e. The number of nitrogens with zero attached hydrogens (tertiary/aromatic N) is 3. The fraction of sp³-hybridized carbons (Fsp3) is 0.100. The average Bonchev–Trinajstić information content (AvgIpc) is 2.38. The van der Waals surface area contributed by atoms with E-state index in [-0.39, 0.29) is 23.7 Å². The van der Waals surface area contributed by atoms with Crippen molar-refractivity contribution in [2.24, 2.45) is 5.84 Å². The van der Waals surface area contributed by atoms with E-state index in [9.17, 15) is 4.39 Å². The standard InChI is InChI=1S/C10H10FN5O2/c1-17-9-13-8(16-12)14-10(15-9)18-7-4-2-3-6(11)5-7/h2-5H,12H2,1H3,(H,13,14,15,16). The zero-order valence-electron chi connectivity index (χ0n) is 9.42. The zero-order valence-corrected chi connectivity index (χ0v) is 9.42. The van der Waals surface area contributed by atoms with Crippen molar-refractivity contribution >= 4 is 5.95 Å². The maximum Gasteiger partial charge on any atom is 0.330 e. The Morgan fingerprint density at radius 3 is 2.67 bits per heavy atom. The smallest absolute Gasteiger partial charge is 0.330 e. The summed E-state index contributed by atoms with van der Waals surface area (Å²) in [7, 11) is 1.39. The molecule has 2 aromatic rings. The molecule has 0 saturated heterocycles. The molecule has 7 nitrogen and oxygen atoms in total. The van der Waals surface area contributed by atoms with Crippen LogP contribution in [0.4, 0.5) is 10.3 Å². The van der Waals surface area contributed by atoms with Gasteiger partial charge in [0.05, 0.1) is 7.11 Å². The summed E-state index contributed by atoms with van der Waals surface area (Å²) in [6, 6.07) is 5.55. The fourth-order valence-electron chi connectivity index (χ4n) is 1.18. The second kappa shape index (κ2) is 5.23. The number of methoxy groups -OCH3 is 1. The summed E-state index contributed by atoms with van der Waals surface area (Å²) >= 11 is 0. The van der Waals surface area contributed by atoms with Crippen LogP contribution in [-0.2, 0) is 0 Å². The minimum atomic E-state index is -0.425. The first-order chi connectivity index (χ1) is 8.71. The molecule has 0 radical (unpaired) electrons. The summed E-state index contributed by atoms with van der Waals surface area (Å²) < 4.78 is 23.1. The van der Waals surface area contributed by atoms with Crippen molar-refractivity contribution < 1.29 is 13.9 Å². The maximum atomic E-state index is 13.0. The highest BCUT2D eigenvalue weighted by molar-refractivity contribution is 5.29. The molecule has 0 aliphatic carbocycles. The van der Waals surface area contributed by atoms with Gasteiger partial charge in [-0.25, -0.2) is 10.2 Å². The van der Waals surface area contributed by atoms with Crippen LogP contribution in [0.15, 0.2) is 24.3 Å². The van der Waals surface area contributed by atoms with E-state index in [2.05, 4.69) is 20.4 Å². The Morgan fingerprint density at radius 1 is 1.22 bits per heavy atom. The first-order valence-electron chi connectivity index (χ1n) is 4.91. The molecule has 3 N–H and O–H groups in total. The Morgan fingerprint density at radius 2 is 2.00 bits per heavy atom. The molecule has 2 rings (SSSR count). The van der Waals surface area contributed by atoms with Crippen LogP contribution in [0.3, 0.4) is 0 Å². The minimum absolute atomic E-state index is 0.0318. The SMILES string of the molecule is COc1nc(NN)nc(Oc2cccc(F)c2)n1. The molecule has 0 aliphatic rings. The normalized spacial score (nSPS) is 9.94. The molecule has 0 unspecified atom stereocenters. The number of halogens is 1. The van der Waals surface area contributed by atoms with Gasteiger partial charge in [-0.05, 0) is 12.1 Å². The van der Waals surface area contributed by atoms with Gasteiger partial charge in [-0.3, -0.25) is 5.43 Å². The summed E-state index contributed by atoms with van der Waals surface area (Å²) in [5.74, 6) is 5.09. The number of nitrogen functional groups attached to an aromatic ring is 1. The second-order valence-electron chi connectivity index (χ2n) is 3.13. The third-order valence-electron chi connectivity index (χ3n) is 1.91. The van der Waals surface area contributed by atoms with Crippen LogP contribution in [0.2, 0.25) is 0 Å². The first-order valence-corrected chi connectivity index (χ1v) is 4.91. The second-order valence-corrected chi connectivity index (χ2v) is 3.13. The lowest BCUT2D eigenvalue weighted by Crippen LogP contribution is -2.12. The third kappa shape index (κ3) is 2.80. The number of aromatic nitrogens is 3. The minimum Gasteiger partial charge on any atom is -0.467 e. The molecule has 0 spiro atoms. The third-order valence-corrected chi connectivity index (χ3v) is 1.91. The van der Waals surface area contributed by atoms with Crippen molar-refractivity contribution in [3.63, 3.8) is 0 Å². The fourth-order valence-corrected chi connectivity index (χ4v) is 1.18. The summed E-state index contributed by atoms with van der Waals surface area (Å²) in [4.78, 5) is 11.5. The van der Waals surface area contributed by atoms with Gasteiger partial charge < -0.3 is 9.47 Å². The predicted molar refractivity (Wildman–Crippen MR) is 60.7 cm³/mol. The van der Waals surface area contributed by atoms with E-state index in [0.717, 1.165) is 0 Å². The summed E-state index contributed by atoms with van der Waals surface area (Å²) in [6.45, 7) is 0. The Labute approximate surface area is 102 Å². The molecule has 1 aromatic carbocycles. The highest BCUT2D eigenvalue weighted by Crippen LogP contribution is 2.20. The highest BCUT2D eigenvalue weighted by atomic mass is 19.1. The van der Waals surface area contributed by atoms with Gasteiger partial charge in [-0.2, -0.15) is 9.97 Å².